The second-order valence-electron chi connectivity index (χ2n) is 3.86. The molecule has 0 atom stereocenters. The Balaban J connectivity index is 2.31. The van der Waals surface area contributed by atoms with Crippen LogP contribution in [-0.2, 0) is 0 Å². The molecule has 0 bridgehead atoms. The highest BCUT2D eigenvalue weighted by Crippen LogP contribution is 2.37. The number of carbonyl (C=O) groups is 1. The molecule has 1 aromatic carbocycles. The molecule has 0 fully saturated rings. The van der Waals surface area contributed by atoms with E-state index in [4.69, 9.17) is 23.1 Å². The number of amides is 1. The summed E-state index contributed by atoms with van der Waals surface area (Å²) in [6.07, 6.45) is 0.747. The first-order valence-corrected chi connectivity index (χ1v) is 6.79. The number of halogens is 1. The van der Waals surface area contributed by atoms with Crippen molar-refractivity contribution in [2.45, 2.75) is 6.42 Å². The molecular formula is C12H14ClN3OS. The fourth-order valence-electron chi connectivity index (χ4n) is 1.68. The van der Waals surface area contributed by atoms with Crippen molar-refractivity contribution < 1.29 is 4.79 Å². The minimum absolute atomic E-state index is 0.168. The van der Waals surface area contributed by atoms with Crippen LogP contribution in [0.15, 0.2) is 18.2 Å². The summed E-state index contributed by atoms with van der Waals surface area (Å²) in [5, 5.41) is 4.12. The minimum Gasteiger partial charge on any atom is -0.397 e. The van der Waals surface area contributed by atoms with Crippen LogP contribution in [0.4, 0.5) is 5.69 Å². The van der Waals surface area contributed by atoms with Crippen molar-refractivity contribution in [2.24, 2.45) is 5.73 Å². The van der Waals surface area contributed by atoms with Gasteiger partial charge in [-0.15, -0.1) is 11.3 Å². The molecule has 0 saturated carbocycles. The third-order valence-electron chi connectivity index (χ3n) is 2.57. The van der Waals surface area contributed by atoms with E-state index < -0.39 is 0 Å². The first-order valence-electron chi connectivity index (χ1n) is 5.60. The van der Waals surface area contributed by atoms with Crippen molar-refractivity contribution >= 4 is 44.6 Å². The molecule has 6 heteroatoms. The quantitative estimate of drug-likeness (QED) is 0.753. The summed E-state index contributed by atoms with van der Waals surface area (Å²) in [5.74, 6) is -0.168. The second-order valence-corrected chi connectivity index (χ2v) is 5.32. The maximum absolute atomic E-state index is 12.0. The largest absolute Gasteiger partial charge is 0.397 e. The first kappa shape index (κ1) is 13.1. The van der Waals surface area contributed by atoms with Gasteiger partial charge in [-0.2, -0.15) is 0 Å². The lowest BCUT2D eigenvalue weighted by Gasteiger charge is -2.02. The molecule has 2 aromatic rings. The van der Waals surface area contributed by atoms with Gasteiger partial charge in [0.05, 0.1) is 10.7 Å². The summed E-state index contributed by atoms with van der Waals surface area (Å²) in [6, 6.07) is 5.51. The van der Waals surface area contributed by atoms with Crippen LogP contribution in [0.3, 0.4) is 0 Å². The Hall–Kier alpha value is -1.30. The molecule has 1 amide bonds. The van der Waals surface area contributed by atoms with Crippen LogP contribution in [0.25, 0.3) is 10.1 Å². The lowest BCUT2D eigenvalue weighted by molar-refractivity contribution is 0.0958. The zero-order chi connectivity index (χ0) is 13.1. The van der Waals surface area contributed by atoms with E-state index >= 15 is 0 Å². The molecule has 1 aromatic heterocycles. The maximum Gasteiger partial charge on any atom is 0.263 e. The standard InChI is InChI=1S/C12H14ClN3OS/c13-7-3-1-4-8-9(7)10(15)11(18-8)12(17)16-6-2-5-14/h1,3-4H,2,5-6,14-15H2,(H,16,17). The zero-order valence-corrected chi connectivity index (χ0v) is 11.3. The predicted octanol–water partition coefficient (Wildman–Crippen LogP) is 2.22. The van der Waals surface area contributed by atoms with E-state index in [1.165, 1.54) is 11.3 Å². The average Bonchev–Trinajstić information content (AvgIpc) is 2.68. The first-order chi connectivity index (χ1) is 8.65. The summed E-state index contributed by atoms with van der Waals surface area (Å²) in [7, 11) is 0. The summed E-state index contributed by atoms with van der Waals surface area (Å²) in [5.41, 5.74) is 11.8. The molecule has 2 rings (SSSR count). The molecule has 0 aliphatic rings. The van der Waals surface area contributed by atoms with E-state index in [2.05, 4.69) is 5.32 Å². The normalized spacial score (nSPS) is 10.8. The number of hydrogen-bond donors (Lipinski definition) is 3. The number of rotatable bonds is 4. The van der Waals surface area contributed by atoms with Crippen molar-refractivity contribution in [3.63, 3.8) is 0 Å². The van der Waals surface area contributed by atoms with Gasteiger partial charge in [0, 0.05) is 16.6 Å². The van der Waals surface area contributed by atoms with Gasteiger partial charge in [-0.05, 0) is 25.1 Å². The summed E-state index contributed by atoms with van der Waals surface area (Å²) < 4.78 is 0.920. The van der Waals surface area contributed by atoms with Gasteiger partial charge in [0.25, 0.3) is 5.91 Å². The summed E-state index contributed by atoms with van der Waals surface area (Å²) in [6.45, 7) is 1.10. The van der Waals surface area contributed by atoms with Crippen molar-refractivity contribution in [2.75, 3.05) is 18.8 Å². The molecule has 1 heterocycles. The number of nitrogen functional groups attached to an aromatic ring is 1. The molecule has 18 heavy (non-hydrogen) atoms. The predicted molar refractivity (Wildman–Crippen MR) is 77.3 cm³/mol. The topological polar surface area (TPSA) is 81.1 Å². The lowest BCUT2D eigenvalue weighted by atomic mass is 10.2. The van der Waals surface area contributed by atoms with Gasteiger partial charge in [0.2, 0.25) is 0 Å². The van der Waals surface area contributed by atoms with Gasteiger partial charge in [0.15, 0.2) is 0 Å². The minimum atomic E-state index is -0.168. The third kappa shape index (κ3) is 2.43. The molecule has 96 valence electrons. The van der Waals surface area contributed by atoms with E-state index in [0.717, 1.165) is 16.5 Å². The van der Waals surface area contributed by atoms with Crippen LogP contribution in [0.5, 0.6) is 0 Å². The van der Waals surface area contributed by atoms with Crippen molar-refractivity contribution in [1.82, 2.24) is 5.32 Å². The van der Waals surface area contributed by atoms with E-state index in [1.54, 1.807) is 6.07 Å². The average molecular weight is 284 g/mol. The second kappa shape index (κ2) is 5.56. The number of nitrogens with two attached hydrogens (primary N) is 2. The Morgan fingerprint density at radius 2 is 2.22 bits per heavy atom. The Morgan fingerprint density at radius 3 is 2.89 bits per heavy atom. The highest BCUT2D eigenvalue weighted by atomic mass is 35.5. The van der Waals surface area contributed by atoms with Crippen LogP contribution in [0.2, 0.25) is 5.02 Å². The van der Waals surface area contributed by atoms with Crippen LogP contribution < -0.4 is 16.8 Å². The van der Waals surface area contributed by atoms with Crippen molar-refractivity contribution in [1.29, 1.82) is 0 Å². The van der Waals surface area contributed by atoms with Gasteiger partial charge >= 0.3 is 0 Å². The van der Waals surface area contributed by atoms with Gasteiger partial charge in [-0.25, -0.2) is 0 Å². The van der Waals surface area contributed by atoms with Gasteiger partial charge < -0.3 is 16.8 Å². The zero-order valence-electron chi connectivity index (χ0n) is 9.70. The third-order valence-corrected chi connectivity index (χ3v) is 4.06. The van der Waals surface area contributed by atoms with E-state index in [0.29, 0.717) is 28.7 Å². The maximum atomic E-state index is 12.0. The Bertz CT molecular complexity index is 582. The highest BCUT2D eigenvalue weighted by Gasteiger charge is 2.17. The fraction of sp³-hybridized carbons (Fsp3) is 0.250. The SMILES string of the molecule is NCCCNC(=O)c1sc2cccc(Cl)c2c1N. The molecule has 0 unspecified atom stereocenters. The number of thiophene rings is 1. The van der Waals surface area contributed by atoms with Crippen molar-refractivity contribution in [3.05, 3.63) is 28.1 Å². The fourth-order valence-corrected chi connectivity index (χ4v) is 3.08. The molecule has 0 aliphatic carbocycles. The van der Waals surface area contributed by atoms with Crippen LogP contribution in [-0.4, -0.2) is 19.0 Å². The van der Waals surface area contributed by atoms with E-state index in [1.807, 2.05) is 12.1 Å². The van der Waals surface area contributed by atoms with Gasteiger partial charge in [0.1, 0.15) is 4.88 Å². The molecule has 0 radical (unpaired) electrons. The Labute approximate surface area is 114 Å². The molecule has 0 saturated heterocycles. The Kier molecular flexibility index (Phi) is 4.06. The molecular weight excluding hydrogens is 270 g/mol. The number of anilines is 1. The van der Waals surface area contributed by atoms with Crippen LogP contribution in [0, 0.1) is 0 Å². The summed E-state index contributed by atoms with van der Waals surface area (Å²) in [4.78, 5) is 12.5. The smallest absolute Gasteiger partial charge is 0.263 e. The van der Waals surface area contributed by atoms with Crippen LogP contribution >= 0.6 is 22.9 Å². The molecule has 4 nitrogen and oxygen atoms in total. The number of carbonyl (C=O) groups excluding carboxylic acids is 1. The van der Waals surface area contributed by atoms with E-state index in [9.17, 15) is 4.79 Å². The summed E-state index contributed by atoms with van der Waals surface area (Å²) >= 11 is 7.44. The molecule has 5 N–H and O–H groups in total. The van der Waals surface area contributed by atoms with E-state index in [-0.39, 0.29) is 5.91 Å². The molecule has 0 aliphatic heterocycles. The number of benzene rings is 1. The van der Waals surface area contributed by atoms with Crippen molar-refractivity contribution in [3.8, 4) is 0 Å². The lowest BCUT2D eigenvalue weighted by Crippen LogP contribution is -2.25. The Morgan fingerprint density at radius 1 is 1.44 bits per heavy atom. The highest BCUT2D eigenvalue weighted by molar-refractivity contribution is 7.21. The monoisotopic (exact) mass is 283 g/mol. The number of hydrogen-bond acceptors (Lipinski definition) is 4. The number of fused-ring (bicyclic) bond motifs is 1. The van der Waals surface area contributed by atoms with Gasteiger partial charge in [-0.1, -0.05) is 17.7 Å². The molecule has 0 spiro atoms. The van der Waals surface area contributed by atoms with Gasteiger partial charge in [-0.3, -0.25) is 4.79 Å². The van der Waals surface area contributed by atoms with Crippen LogP contribution in [0.1, 0.15) is 16.1 Å². The number of nitrogens with one attached hydrogen (secondary N) is 1.